The molecule has 166 valence electrons. The highest BCUT2D eigenvalue weighted by molar-refractivity contribution is 7.76. The monoisotopic (exact) mass is 442 g/mol. The number of nitrogens with one attached hydrogen (secondary N) is 2. The van der Waals surface area contributed by atoms with E-state index < -0.39 is 17.2 Å². The Bertz CT molecular complexity index is 1000. The van der Waals surface area contributed by atoms with Crippen LogP contribution in [0.1, 0.15) is 37.7 Å². The minimum Gasteiger partial charge on any atom is -0.760 e. The molecule has 1 amide bonds. The van der Waals surface area contributed by atoms with Gasteiger partial charge in [0.05, 0.1) is 0 Å². The molecule has 0 fully saturated rings. The van der Waals surface area contributed by atoms with Gasteiger partial charge in [0, 0.05) is 42.5 Å². The van der Waals surface area contributed by atoms with Crippen LogP contribution in [0, 0.1) is 0 Å². The molecule has 3 rings (SSSR count). The van der Waals surface area contributed by atoms with Gasteiger partial charge in [-0.3, -0.25) is 14.2 Å². The van der Waals surface area contributed by atoms with Gasteiger partial charge in [0.2, 0.25) is 5.91 Å². The Labute approximate surface area is 184 Å². The molecule has 1 unspecified atom stereocenters. The van der Waals surface area contributed by atoms with Crippen LogP contribution in [0.15, 0.2) is 54.7 Å². The number of nitrogens with zero attached hydrogens (tertiary/aromatic N) is 1. The number of carbonyl (C=O) groups is 1. The van der Waals surface area contributed by atoms with E-state index in [1.165, 1.54) is 9.69 Å². The minimum absolute atomic E-state index is 0.280. The minimum atomic E-state index is -2.25. The largest absolute Gasteiger partial charge is 0.760 e. The topological polar surface area (TPSA) is 108 Å². The van der Waals surface area contributed by atoms with Crippen LogP contribution in [-0.4, -0.2) is 42.3 Å². The van der Waals surface area contributed by atoms with Gasteiger partial charge in [0.15, 0.2) is 0 Å². The number of amides is 1. The SMILES string of the molecule is O=C(CCCCCCN(CCc1ccc(-c2ccc3[nH]ccc3c2)cc1)S(=O)[O-])NO. The lowest BCUT2D eigenvalue weighted by molar-refractivity contribution is -0.129. The number of benzene rings is 2. The summed E-state index contributed by atoms with van der Waals surface area (Å²) >= 11 is -2.25. The molecular weight excluding hydrogens is 414 g/mol. The summed E-state index contributed by atoms with van der Waals surface area (Å²) in [7, 11) is 0. The normalized spacial score (nSPS) is 12.4. The number of H-pyrrole nitrogens is 1. The van der Waals surface area contributed by atoms with Gasteiger partial charge in [-0.15, -0.1) is 0 Å². The summed E-state index contributed by atoms with van der Waals surface area (Å²) in [6.07, 6.45) is 5.95. The molecule has 0 spiro atoms. The van der Waals surface area contributed by atoms with Gasteiger partial charge in [-0.2, -0.15) is 0 Å². The van der Waals surface area contributed by atoms with Crippen molar-refractivity contribution in [3.05, 3.63) is 60.3 Å². The van der Waals surface area contributed by atoms with Crippen LogP contribution in [0.5, 0.6) is 0 Å². The third kappa shape index (κ3) is 7.00. The van der Waals surface area contributed by atoms with Crippen molar-refractivity contribution >= 4 is 28.1 Å². The van der Waals surface area contributed by atoms with Gasteiger partial charge in [0.1, 0.15) is 0 Å². The zero-order valence-corrected chi connectivity index (χ0v) is 18.2. The number of unbranched alkanes of at least 4 members (excludes halogenated alkanes) is 3. The van der Waals surface area contributed by atoms with Gasteiger partial charge in [-0.1, -0.05) is 43.2 Å². The Kier molecular flexibility index (Phi) is 8.78. The van der Waals surface area contributed by atoms with E-state index in [-0.39, 0.29) is 6.42 Å². The van der Waals surface area contributed by atoms with Crippen molar-refractivity contribution < 1.29 is 18.8 Å². The van der Waals surface area contributed by atoms with Crippen molar-refractivity contribution in [1.29, 1.82) is 0 Å². The number of hydrogen-bond acceptors (Lipinski definition) is 4. The van der Waals surface area contributed by atoms with Gasteiger partial charge in [-0.25, -0.2) is 9.79 Å². The summed E-state index contributed by atoms with van der Waals surface area (Å²) in [5.41, 5.74) is 6.10. The maximum absolute atomic E-state index is 11.5. The molecule has 8 heteroatoms. The summed E-state index contributed by atoms with van der Waals surface area (Å²) in [4.78, 5) is 14.1. The molecule has 0 bridgehead atoms. The van der Waals surface area contributed by atoms with Crippen LogP contribution in [0.4, 0.5) is 0 Å². The molecule has 2 aromatic carbocycles. The van der Waals surface area contributed by atoms with E-state index in [0.29, 0.717) is 25.9 Å². The molecule has 0 radical (unpaired) electrons. The molecule has 7 nitrogen and oxygen atoms in total. The fourth-order valence-corrected chi connectivity index (χ4v) is 4.11. The first-order valence-corrected chi connectivity index (χ1v) is 11.5. The highest BCUT2D eigenvalue weighted by Gasteiger charge is 2.07. The van der Waals surface area contributed by atoms with Crippen molar-refractivity contribution in [1.82, 2.24) is 14.8 Å². The molecule has 1 heterocycles. The second-order valence-corrected chi connectivity index (χ2v) is 8.52. The number of aromatic nitrogens is 1. The number of hydrogen-bond donors (Lipinski definition) is 3. The summed E-state index contributed by atoms with van der Waals surface area (Å²) in [6.45, 7) is 0.911. The van der Waals surface area contributed by atoms with E-state index in [1.807, 2.05) is 6.20 Å². The lowest BCUT2D eigenvalue weighted by Crippen LogP contribution is -2.29. The molecule has 1 atom stereocenters. The number of rotatable bonds is 12. The predicted octanol–water partition coefficient (Wildman–Crippen LogP) is 3.93. The number of carbonyl (C=O) groups excluding carboxylic acids is 1. The van der Waals surface area contributed by atoms with Crippen LogP contribution in [0.2, 0.25) is 0 Å². The molecule has 0 aliphatic rings. The Morgan fingerprint density at radius 1 is 1.00 bits per heavy atom. The van der Waals surface area contributed by atoms with E-state index in [0.717, 1.165) is 41.5 Å². The van der Waals surface area contributed by atoms with E-state index in [2.05, 4.69) is 53.5 Å². The first-order valence-electron chi connectivity index (χ1n) is 10.5. The average Bonchev–Trinajstić information content (AvgIpc) is 3.26. The lowest BCUT2D eigenvalue weighted by Gasteiger charge is -2.24. The summed E-state index contributed by atoms with van der Waals surface area (Å²) < 4.78 is 24.5. The highest BCUT2D eigenvalue weighted by Crippen LogP contribution is 2.24. The zero-order valence-electron chi connectivity index (χ0n) is 17.4. The first kappa shape index (κ1) is 23.1. The molecule has 0 aliphatic heterocycles. The average molecular weight is 443 g/mol. The van der Waals surface area contributed by atoms with Crippen molar-refractivity contribution in [3.63, 3.8) is 0 Å². The third-order valence-electron chi connectivity index (χ3n) is 5.39. The van der Waals surface area contributed by atoms with E-state index in [1.54, 1.807) is 5.48 Å². The van der Waals surface area contributed by atoms with E-state index in [4.69, 9.17) is 5.21 Å². The Balaban J connectivity index is 1.45. The van der Waals surface area contributed by atoms with Gasteiger partial charge < -0.3 is 9.54 Å². The molecule has 0 aliphatic carbocycles. The van der Waals surface area contributed by atoms with Crippen molar-refractivity contribution in [2.75, 3.05) is 13.1 Å². The maximum atomic E-state index is 11.5. The highest BCUT2D eigenvalue weighted by atomic mass is 32.2. The van der Waals surface area contributed by atoms with Crippen molar-refractivity contribution in [3.8, 4) is 11.1 Å². The van der Waals surface area contributed by atoms with Crippen LogP contribution in [0.25, 0.3) is 22.0 Å². The molecule has 31 heavy (non-hydrogen) atoms. The summed E-state index contributed by atoms with van der Waals surface area (Å²) in [5, 5.41) is 9.62. The number of hydroxylamine groups is 1. The van der Waals surface area contributed by atoms with E-state index >= 15 is 0 Å². The Morgan fingerprint density at radius 3 is 2.48 bits per heavy atom. The standard InChI is InChI=1S/C23H29N3O4S/c27-23(25-28)5-3-1-2-4-15-26(31(29)30)16-13-18-6-8-19(9-7-18)20-10-11-22-21(17-20)12-14-24-22/h6-12,14,17,24,28H,1-5,13,15-16H2,(H,25,27)(H,29,30)/p-1. The Hall–Kier alpha value is -2.52. The van der Waals surface area contributed by atoms with Crippen LogP contribution >= 0.6 is 0 Å². The molecule has 0 saturated heterocycles. The van der Waals surface area contributed by atoms with Crippen molar-refractivity contribution in [2.45, 2.75) is 38.5 Å². The number of aromatic amines is 1. The zero-order chi connectivity index (χ0) is 22.1. The fraction of sp³-hybridized carbons (Fsp3) is 0.348. The van der Waals surface area contributed by atoms with Gasteiger partial charge in [0.25, 0.3) is 0 Å². The molecular formula is C23H28N3O4S-. The van der Waals surface area contributed by atoms with Gasteiger partial charge >= 0.3 is 0 Å². The molecule has 1 aromatic heterocycles. The van der Waals surface area contributed by atoms with Gasteiger partial charge in [-0.05, 0) is 59.5 Å². The summed E-state index contributed by atoms with van der Waals surface area (Å²) in [5.74, 6) is -0.390. The van der Waals surface area contributed by atoms with Crippen LogP contribution in [-0.2, 0) is 22.5 Å². The lowest BCUT2D eigenvalue weighted by atomic mass is 10.0. The van der Waals surface area contributed by atoms with Crippen LogP contribution < -0.4 is 5.48 Å². The van der Waals surface area contributed by atoms with Crippen LogP contribution in [0.3, 0.4) is 0 Å². The van der Waals surface area contributed by atoms with E-state index in [9.17, 15) is 13.6 Å². The number of fused-ring (bicyclic) bond motifs is 1. The second kappa shape index (κ2) is 11.8. The maximum Gasteiger partial charge on any atom is 0.243 e. The third-order valence-corrected chi connectivity index (χ3v) is 6.17. The molecule has 3 N–H and O–H groups in total. The second-order valence-electron chi connectivity index (χ2n) is 7.57. The first-order chi connectivity index (χ1) is 15.1. The molecule has 0 saturated carbocycles. The molecule has 3 aromatic rings. The Morgan fingerprint density at radius 2 is 1.74 bits per heavy atom. The van der Waals surface area contributed by atoms with Crippen molar-refractivity contribution in [2.24, 2.45) is 0 Å². The summed E-state index contributed by atoms with van der Waals surface area (Å²) in [6, 6.07) is 16.6. The fourth-order valence-electron chi connectivity index (χ4n) is 3.59. The quantitative estimate of drug-likeness (QED) is 0.171. The smallest absolute Gasteiger partial charge is 0.243 e. The predicted molar refractivity (Wildman–Crippen MR) is 121 cm³/mol.